The molecule has 0 atom stereocenters. The molecule has 2 rings (SSSR count). The molecule has 0 saturated heterocycles. The van der Waals surface area contributed by atoms with Gasteiger partial charge in [0.2, 0.25) is 5.75 Å². The lowest BCUT2D eigenvalue weighted by Crippen LogP contribution is -2.22. The van der Waals surface area contributed by atoms with E-state index in [1.807, 2.05) is 0 Å². The van der Waals surface area contributed by atoms with E-state index in [1.165, 1.54) is 36.2 Å². The Balaban J connectivity index is 2.41. The quantitative estimate of drug-likeness (QED) is 0.811. The van der Waals surface area contributed by atoms with Crippen LogP contribution in [0.25, 0.3) is 0 Å². The van der Waals surface area contributed by atoms with Crippen LogP contribution in [0.1, 0.15) is 11.1 Å². The summed E-state index contributed by atoms with van der Waals surface area (Å²) in [4.78, 5) is 15.9. The van der Waals surface area contributed by atoms with E-state index in [1.54, 1.807) is 6.07 Å². The van der Waals surface area contributed by atoms with Crippen molar-refractivity contribution in [3.63, 3.8) is 0 Å². The van der Waals surface area contributed by atoms with E-state index in [0.29, 0.717) is 5.56 Å². The third kappa shape index (κ3) is 2.63. The van der Waals surface area contributed by atoms with Crippen LogP contribution in [0.15, 0.2) is 29.3 Å². The first-order valence-electron chi connectivity index (χ1n) is 5.54. The molecular formula is C13H9ClFN3O2. The smallest absolute Gasteiger partial charge is 0.297 e. The summed E-state index contributed by atoms with van der Waals surface area (Å²) >= 11 is 5.73. The second kappa shape index (κ2) is 5.72. The van der Waals surface area contributed by atoms with Gasteiger partial charge >= 0.3 is 0 Å². The third-order valence-corrected chi connectivity index (χ3v) is 2.93. The van der Waals surface area contributed by atoms with Crippen molar-refractivity contribution < 1.29 is 9.13 Å². The fourth-order valence-electron chi connectivity index (χ4n) is 1.69. The zero-order valence-corrected chi connectivity index (χ0v) is 11.2. The van der Waals surface area contributed by atoms with Crippen LogP contribution >= 0.6 is 11.6 Å². The minimum absolute atomic E-state index is 0.0226. The zero-order chi connectivity index (χ0) is 14.7. The monoisotopic (exact) mass is 293 g/mol. The van der Waals surface area contributed by atoms with E-state index in [-0.39, 0.29) is 23.0 Å². The lowest BCUT2D eigenvalue weighted by Gasteiger charge is -2.08. The molecule has 20 heavy (non-hydrogen) atoms. The number of nitriles is 1. The maximum Gasteiger partial charge on any atom is 0.297 e. The molecule has 0 bridgehead atoms. The SMILES string of the molecule is COc1c(Cl)ncn(Cc2ccc(F)c(C#N)c2)c1=O. The average Bonchev–Trinajstić information content (AvgIpc) is 2.44. The zero-order valence-electron chi connectivity index (χ0n) is 10.4. The summed E-state index contributed by atoms with van der Waals surface area (Å²) in [6.07, 6.45) is 1.27. The van der Waals surface area contributed by atoms with Gasteiger partial charge in [-0.15, -0.1) is 0 Å². The van der Waals surface area contributed by atoms with E-state index >= 15 is 0 Å². The maximum atomic E-state index is 13.2. The molecule has 0 aliphatic heterocycles. The fraction of sp³-hybridized carbons (Fsp3) is 0.154. The summed E-state index contributed by atoms with van der Waals surface area (Å²) in [5.41, 5.74) is 0.0657. The third-order valence-electron chi connectivity index (χ3n) is 2.66. The molecule has 0 fully saturated rings. The van der Waals surface area contributed by atoms with Crippen LogP contribution in [0.5, 0.6) is 5.75 Å². The predicted molar refractivity (Wildman–Crippen MR) is 70.3 cm³/mol. The largest absolute Gasteiger partial charge is 0.489 e. The number of ether oxygens (including phenoxy) is 1. The number of aromatic nitrogens is 2. The minimum atomic E-state index is -0.601. The Morgan fingerprint density at radius 1 is 1.55 bits per heavy atom. The highest BCUT2D eigenvalue weighted by Crippen LogP contribution is 2.16. The Hall–Kier alpha value is -2.39. The highest BCUT2D eigenvalue weighted by atomic mass is 35.5. The Labute approximate surface area is 118 Å². The van der Waals surface area contributed by atoms with Crippen LogP contribution in [-0.2, 0) is 6.54 Å². The van der Waals surface area contributed by atoms with E-state index < -0.39 is 11.4 Å². The van der Waals surface area contributed by atoms with E-state index in [4.69, 9.17) is 21.6 Å². The van der Waals surface area contributed by atoms with Gasteiger partial charge in [-0.1, -0.05) is 17.7 Å². The van der Waals surface area contributed by atoms with Gasteiger partial charge in [-0.05, 0) is 17.7 Å². The first-order valence-corrected chi connectivity index (χ1v) is 5.92. The number of nitrogens with zero attached hydrogens (tertiary/aromatic N) is 3. The van der Waals surface area contributed by atoms with Crippen LogP contribution in [-0.4, -0.2) is 16.7 Å². The van der Waals surface area contributed by atoms with Crippen molar-refractivity contribution in [3.8, 4) is 11.8 Å². The van der Waals surface area contributed by atoms with Crippen molar-refractivity contribution in [1.82, 2.24) is 9.55 Å². The van der Waals surface area contributed by atoms with Crippen LogP contribution < -0.4 is 10.3 Å². The molecule has 0 aliphatic rings. The number of hydrogen-bond acceptors (Lipinski definition) is 4. The molecule has 0 radical (unpaired) electrons. The summed E-state index contributed by atoms with van der Waals surface area (Å²) in [5, 5.41) is 8.75. The van der Waals surface area contributed by atoms with Crippen molar-refractivity contribution in [2.24, 2.45) is 0 Å². The number of halogens is 2. The molecule has 7 heteroatoms. The van der Waals surface area contributed by atoms with Gasteiger partial charge in [0.05, 0.1) is 25.5 Å². The van der Waals surface area contributed by atoms with Gasteiger partial charge in [0.25, 0.3) is 5.56 Å². The van der Waals surface area contributed by atoms with Crippen molar-refractivity contribution in [2.45, 2.75) is 6.54 Å². The highest BCUT2D eigenvalue weighted by molar-refractivity contribution is 6.30. The Kier molecular flexibility index (Phi) is 4.01. The van der Waals surface area contributed by atoms with Crippen LogP contribution in [0.2, 0.25) is 5.15 Å². The molecule has 1 aromatic heterocycles. The Morgan fingerprint density at radius 2 is 2.30 bits per heavy atom. The van der Waals surface area contributed by atoms with E-state index in [9.17, 15) is 9.18 Å². The lowest BCUT2D eigenvalue weighted by atomic mass is 10.1. The molecule has 0 spiro atoms. The second-order valence-electron chi connectivity index (χ2n) is 3.93. The van der Waals surface area contributed by atoms with Gasteiger partial charge < -0.3 is 4.74 Å². The molecule has 1 heterocycles. The highest BCUT2D eigenvalue weighted by Gasteiger charge is 2.11. The average molecular weight is 294 g/mol. The van der Waals surface area contributed by atoms with Crippen molar-refractivity contribution in [3.05, 3.63) is 57.0 Å². The number of benzene rings is 1. The molecule has 0 N–H and O–H groups in total. The minimum Gasteiger partial charge on any atom is -0.489 e. The van der Waals surface area contributed by atoms with E-state index in [2.05, 4.69) is 4.98 Å². The number of hydrogen-bond donors (Lipinski definition) is 0. The van der Waals surface area contributed by atoms with Crippen LogP contribution in [0, 0.1) is 17.1 Å². The Morgan fingerprint density at radius 3 is 2.95 bits per heavy atom. The molecule has 0 aliphatic carbocycles. The molecule has 2 aromatic rings. The molecule has 0 saturated carbocycles. The van der Waals surface area contributed by atoms with Crippen molar-refractivity contribution in [1.29, 1.82) is 5.26 Å². The number of rotatable bonds is 3. The standard InChI is InChI=1S/C13H9ClFN3O2/c1-20-11-12(14)17-7-18(13(11)19)6-8-2-3-10(15)9(4-8)5-16/h2-4,7H,6H2,1H3. The molecule has 0 amide bonds. The van der Waals surface area contributed by atoms with Gasteiger partial charge in [-0.25, -0.2) is 9.37 Å². The molecule has 1 aromatic carbocycles. The van der Waals surface area contributed by atoms with Gasteiger partial charge in [-0.2, -0.15) is 5.26 Å². The normalized spacial score (nSPS) is 10.1. The van der Waals surface area contributed by atoms with Crippen LogP contribution in [0.3, 0.4) is 0 Å². The van der Waals surface area contributed by atoms with Gasteiger partial charge in [-0.3, -0.25) is 9.36 Å². The lowest BCUT2D eigenvalue weighted by molar-refractivity contribution is 0.401. The van der Waals surface area contributed by atoms with Gasteiger partial charge in [0.15, 0.2) is 5.15 Å². The fourth-order valence-corrected chi connectivity index (χ4v) is 1.89. The topological polar surface area (TPSA) is 67.9 Å². The summed E-state index contributed by atoms with van der Waals surface area (Å²) in [6, 6.07) is 5.79. The first-order chi connectivity index (χ1) is 9.56. The number of methoxy groups -OCH3 is 1. The Bertz CT molecular complexity index is 752. The first kappa shape index (κ1) is 14.0. The molecule has 0 unspecified atom stereocenters. The summed E-state index contributed by atoms with van der Waals surface area (Å²) in [7, 11) is 1.32. The van der Waals surface area contributed by atoms with Gasteiger partial charge in [0.1, 0.15) is 11.9 Å². The molecule has 5 nitrogen and oxygen atoms in total. The van der Waals surface area contributed by atoms with Crippen molar-refractivity contribution in [2.75, 3.05) is 7.11 Å². The van der Waals surface area contributed by atoms with Crippen molar-refractivity contribution >= 4 is 11.6 Å². The second-order valence-corrected chi connectivity index (χ2v) is 4.29. The van der Waals surface area contributed by atoms with Gasteiger partial charge in [0, 0.05) is 0 Å². The van der Waals surface area contributed by atoms with E-state index in [0.717, 1.165) is 0 Å². The summed E-state index contributed by atoms with van der Waals surface area (Å²) in [6.45, 7) is 0.133. The maximum absolute atomic E-state index is 13.2. The van der Waals surface area contributed by atoms with Crippen LogP contribution in [0.4, 0.5) is 4.39 Å². The molecular weight excluding hydrogens is 285 g/mol. The predicted octanol–water partition coefficient (Wildman–Crippen LogP) is 1.96. The summed E-state index contributed by atoms with van der Waals surface area (Å²) in [5.74, 6) is -0.660. The summed E-state index contributed by atoms with van der Waals surface area (Å²) < 4.78 is 19.4. The molecule has 102 valence electrons.